The molecule has 0 aromatic carbocycles. The molecular formula is C11H16N2O2. The summed E-state index contributed by atoms with van der Waals surface area (Å²) >= 11 is 0. The summed E-state index contributed by atoms with van der Waals surface area (Å²) in [7, 11) is 0. The molecule has 4 heteroatoms. The molecule has 4 nitrogen and oxygen atoms in total. The minimum atomic E-state index is -0.113. The normalized spacial score (nSPS) is 10.3. The summed E-state index contributed by atoms with van der Waals surface area (Å²) in [6.07, 6.45) is 2.81. The van der Waals surface area contributed by atoms with E-state index in [1.54, 1.807) is 6.07 Å². The first-order chi connectivity index (χ1) is 7.09. The molecular weight excluding hydrogens is 192 g/mol. The molecule has 1 aromatic rings. The van der Waals surface area contributed by atoms with E-state index in [1.165, 1.54) is 12.3 Å². The van der Waals surface area contributed by atoms with Gasteiger partial charge >= 0.3 is 0 Å². The minimum Gasteiger partial charge on any atom is -0.504 e. The van der Waals surface area contributed by atoms with Crippen molar-refractivity contribution in [1.29, 1.82) is 0 Å². The lowest BCUT2D eigenvalue weighted by Crippen LogP contribution is -2.13. The van der Waals surface area contributed by atoms with Crippen molar-refractivity contribution in [2.24, 2.45) is 5.92 Å². The lowest BCUT2D eigenvalue weighted by molar-refractivity contribution is -0.116. The number of hydrogen-bond acceptors (Lipinski definition) is 3. The number of nitrogens with one attached hydrogen (secondary N) is 1. The number of amides is 1. The average Bonchev–Trinajstić information content (AvgIpc) is 2.18. The lowest BCUT2D eigenvalue weighted by atomic mass is 10.1. The molecule has 2 N–H and O–H groups in total. The highest BCUT2D eigenvalue weighted by molar-refractivity contribution is 5.90. The molecule has 0 radical (unpaired) electrons. The predicted molar refractivity (Wildman–Crippen MR) is 58.6 cm³/mol. The van der Waals surface area contributed by atoms with Crippen LogP contribution in [0, 0.1) is 5.92 Å². The minimum absolute atomic E-state index is 0.00426. The van der Waals surface area contributed by atoms with E-state index < -0.39 is 0 Å². The third kappa shape index (κ3) is 3.97. The number of carbonyl (C=O) groups is 1. The van der Waals surface area contributed by atoms with Crippen LogP contribution >= 0.6 is 0 Å². The van der Waals surface area contributed by atoms with Crippen molar-refractivity contribution in [2.45, 2.75) is 26.7 Å². The molecule has 1 amide bonds. The van der Waals surface area contributed by atoms with E-state index in [2.05, 4.69) is 24.1 Å². The molecule has 0 aliphatic rings. The van der Waals surface area contributed by atoms with Crippen LogP contribution in [0.4, 0.5) is 5.82 Å². The molecule has 0 aliphatic heterocycles. The molecule has 0 saturated heterocycles. The van der Waals surface area contributed by atoms with Crippen LogP contribution in [0.25, 0.3) is 0 Å². The maximum absolute atomic E-state index is 11.4. The number of nitrogens with zero attached hydrogens (tertiary/aromatic N) is 1. The summed E-state index contributed by atoms with van der Waals surface area (Å²) in [5.41, 5.74) is 0. The fraction of sp³-hybridized carbons (Fsp3) is 0.455. The van der Waals surface area contributed by atoms with Gasteiger partial charge in [-0.25, -0.2) is 4.98 Å². The Morgan fingerprint density at radius 2 is 2.33 bits per heavy atom. The number of pyridine rings is 1. The number of carbonyl (C=O) groups excluding carboxylic acids is 1. The standard InChI is InChI=1S/C11H16N2O2/c1-8(2)5-6-10(15)13-11-9(14)4-3-7-12-11/h3-4,7-8,14H,5-6H2,1-2H3,(H,12,13,15). The van der Waals surface area contributed by atoms with Gasteiger partial charge in [-0.3, -0.25) is 4.79 Å². The van der Waals surface area contributed by atoms with Crippen molar-refractivity contribution in [1.82, 2.24) is 4.98 Å². The van der Waals surface area contributed by atoms with Crippen LogP contribution < -0.4 is 5.32 Å². The van der Waals surface area contributed by atoms with Gasteiger partial charge in [0, 0.05) is 12.6 Å². The zero-order valence-corrected chi connectivity index (χ0v) is 9.03. The first-order valence-electron chi connectivity index (χ1n) is 5.03. The molecule has 1 heterocycles. The maximum Gasteiger partial charge on any atom is 0.225 e. The Hall–Kier alpha value is -1.58. The van der Waals surface area contributed by atoms with Gasteiger partial charge in [0.05, 0.1) is 0 Å². The van der Waals surface area contributed by atoms with Gasteiger partial charge in [0.1, 0.15) is 0 Å². The van der Waals surface area contributed by atoms with Gasteiger partial charge in [-0.05, 0) is 24.5 Å². The fourth-order valence-corrected chi connectivity index (χ4v) is 1.11. The van der Waals surface area contributed by atoms with Gasteiger partial charge in [0.2, 0.25) is 5.91 Å². The van der Waals surface area contributed by atoms with Crippen LogP contribution in [0.3, 0.4) is 0 Å². The van der Waals surface area contributed by atoms with Crippen LogP contribution in [-0.4, -0.2) is 16.0 Å². The highest BCUT2D eigenvalue weighted by Crippen LogP contribution is 2.18. The van der Waals surface area contributed by atoms with Gasteiger partial charge in [-0.1, -0.05) is 13.8 Å². The number of anilines is 1. The lowest BCUT2D eigenvalue weighted by Gasteiger charge is -2.06. The summed E-state index contributed by atoms with van der Waals surface area (Å²) in [4.78, 5) is 15.3. The van der Waals surface area contributed by atoms with Crippen molar-refractivity contribution >= 4 is 11.7 Å². The topological polar surface area (TPSA) is 62.2 Å². The Morgan fingerprint density at radius 3 is 2.93 bits per heavy atom. The zero-order valence-electron chi connectivity index (χ0n) is 9.03. The van der Waals surface area contributed by atoms with Gasteiger partial charge in [-0.15, -0.1) is 0 Å². The van der Waals surface area contributed by atoms with Crippen molar-refractivity contribution in [3.8, 4) is 5.75 Å². The Morgan fingerprint density at radius 1 is 1.60 bits per heavy atom. The third-order valence-corrected chi connectivity index (χ3v) is 1.99. The first-order valence-corrected chi connectivity index (χ1v) is 5.03. The summed E-state index contributed by atoms with van der Waals surface area (Å²) in [5, 5.41) is 11.9. The summed E-state index contributed by atoms with van der Waals surface area (Å²) in [6, 6.07) is 3.10. The number of hydrogen-bond donors (Lipinski definition) is 2. The maximum atomic E-state index is 11.4. The van der Waals surface area contributed by atoms with Gasteiger partial charge in [0.25, 0.3) is 0 Å². The summed E-state index contributed by atoms with van der Waals surface area (Å²) in [5.74, 6) is 0.604. The molecule has 15 heavy (non-hydrogen) atoms. The van der Waals surface area contributed by atoms with Crippen LogP contribution in [-0.2, 0) is 4.79 Å². The predicted octanol–water partition coefficient (Wildman–Crippen LogP) is 2.16. The number of rotatable bonds is 4. The van der Waals surface area contributed by atoms with E-state index in [0.717, 1.165) is 6.42 Å². The number of aromatic nitrogens is 1. The van der Waals surface area contributed by atoms with Gasteiger partial charge in [0.15, 0.2) is 11.6 Å². The van der Waals surface area contributed by atoms with E-state index in [0.29, 0.717) is 12.3 Å². The third-order valence-electron chi connectivity index (χ3n) is 1.99. The molecule has 0 bridgehead atoms. The second-order valence-corrected chi connectivity index (χ2v) is 3.85. The largest absolute Gasteiger partial charge is 0.504 e. The van der Waals surface area contributed by atoms with E-state index in [4.69, 9.17) is 0 Å². The molecule has 0 saturated carbocycles. The quantitative estimate of drug-likeness (QED) is 0.797. The van der Waals surface area contributed by atoms with Crippen molar-refractivity contribution in [3.05, 3.63) is 18.3 Å². The van der Waals surface area contributed by atoms with E-state index in [1.807, 2.05) is 0 Å². The SMILES string of the molecule is CC(C)CCC(=O)Nc1ncccc1O. The second-order valence-electron chi connectivity index (χ2n) is 3.85. The van der Waals surface area contributed by atoms with E-state index >= 15 is 0 Å². The summed E-state index contributed by atoms with van der Waals surface area (Å²) < 4.78 is 0. The second kappa shape index (κ2) is 5.34. The van der Waals surface area contributed by atoms with E-state index in [9.17, 15) is 9.90 Å². The number of aromatic hydroxyl groups is 1. The Bertz CT molecular complexity index is 337. The Balaban J connectivity index is 2.48. The van der Waals surface area contributed by atoms with Crippen molar-refractivity contribution < 1.29 is 9.90 Å². The van der Waals surface area contributed by atoms with Crippen LogP contribution in [0.1, 0.15) is 26.7 Å². The highest BCUT2D eigenvalue weighted by Gasteiger charge is 2.07. The molecule has 1 aromatic heterocycles. The molecule has 1 rings (SSSR count). The molecule has 0 spiro atoms. The van der Waals surface area contributed by atoms with Crippen LogP contribution in [0.2, 0.25) is 0 Å². The highest BCUT2D eigenvalue weighted by atomic mass is 16.3. The van der Waals surface area contributed by atoms with Crippen molar-refractivity contribution in [2.75, 3.05) is 5.32 Å². The summed E-state index contributed by atoms with van der Waals surface area (Å²) in [6.45, 7) is 4.12. The Kier molecular flexibility index (Phi) is 4.09. The average molecular weight is 208 g/mol. The van der Waals surface area contributed by atoms with Crippen LogP contribution in [0.5, 0.6) is 5.75 Å². The fourth-order valence-electron chi connectivity index (χ4n) is 1.11. The van der Waals surface area contributed by atoms with Gasteiger partial charge in [-0.2, -0.15) is 0 Å². The van der Waals surface area contributed by atoms with Crippen molar-refractivity contribution in [3.63, 3.8) is 0 Å². The molecule has 82 valence electrons. The molecule has 0 unspecified atom stereocenters. The monoisotopic (exact) mass is 208 g/mol. The van der Waals surface area contributed by atoms with Gasteiger partial charge < -0.3 is 10.4 Å². The molecule has 0 aliphatic carbocycles. The molecule has 0 fully saturated rings. The first kappa shape index (κ1) is 11.5. The smallest absolute Gasteiger partial charge is 0.225 e. The van der Waals surface area contributed by atoms with E-state index in [-0.39, 0.29) is 17.5 Å². The molecule has 0 atom stereocenters. The van der Waals surface area contributed by atoms with Crippen LogP contribution in [0.15, 0.2) is 18.3 Å². The Labute approximate surface area is 89.3 Å². The zero-order chi connectivity index (χ0) is 11.3.